The van der Waals surface area contributed by atoms with Crippen LogP contribution in [0.5, 0.6) is 0 Å². The van der Waals surface area contributed by atoms with E-state index >= 15 is 0 Å². The van der Waals surface area contributed by atoms with Crippen LogP contribution < -0.4 is 10.6 Å². The van der Waals surface area contributed by atoms with Crippen molar-refractivity contribution >= 4 is 40.4 Å². The number of rotatable bonds is 3. The lowest BCUT2D eigenvalue weighted by molar-refractivity contribution is 0.0596. The standard InChI is InChI=1S/C22H23N3O5/c1-22(2,3)30-21(28)24-17-12-15(19(26)29-4)11-16(13-17)23-20(27)25-10-9-14-7-5-6-8-18(14)25/h5-13H,1-4H3,(H,23,27)(H,24,28). The lowest BCUT2D eigenvalue weighted by Gasteiger charge is -2.20. The van der Waals surface area contributed by atoms with Crippen LogP contribution >= 0.6 is 0 Å². The van der Waals surface area contributed by atoms with E-state index in [1.54, 1.807) is 27.0 Å². The quantitative estimate of drug-likeness (QED) is 0.602. The fourth-order valence-corrected chi connectivity index (χ4v) is 2.87. The van der Waals surface area contributed by atoms with Crippen LogP contribution in [0, 0.1) is 0 Å². The minimum Gasteiger partial charge on any atom is -0.465 e. The maximum atomic E-state index is 12.8. The van der Waals surface area contributed by atoms with Gasteiger partial charge in [0, 0.05) is 23.0 Å². The zero-order valence-corrected chi connectivity index (χ0v) is 17.2. The number of benzene rings is 2. The van der Waals surface area contributed by atoms with E-state index in [-0.39, 0.29) is 11.3 Å². The van der Waals surface area contributed by atoms with Gasteiger partial charge >= 0.3 is 18.1 Å². The van der Waals surface area contributed by atoms with Crippen molar-refractivity contribution in [1.82, 2.24) is 4.57 Å². The van der Waals surface area contributed by atoms with Crippen molar-refractivity contribution in [3.05, 3.63) is 60.3 Å². The number of hydrogen-bond acceptors (Lipinski definition) is 5. The predicted molar refractivity (Wildman–Crippen MR) is 114 cm³/mol. The summed E-state index contributed by atoms with van der Waals surface area (Å²) in [5.74, 6) is -0.607. The Balaban J connectivity index is 1.88. The molecule has 2 amide bonds. The van der Waals surface area contributed by atoms with Crippen LogP contribution in [0.15, 0.2) is 54.7 Å². The molecule has 0 aliphatic carbocycles. The number of ether oxygens (including phenoxy) is 2. The second-order valence-electron chi connectivity index (χ2n) is 7.59. The number of para-hydroxylation sites is 1. The first-order valence-corrected chi connectivity index (χ1v) is 9.27. The average molecular weight is 409 g/mol. The van der Waals surface area contributed by atoms with Gasteiger partial charge in [0.15, 0.2) is 0 Å². The number of fused-ring (bicyclic) bond motifs is 1. The highest BCUT2D eigenvalue weighted by molar-refractivity contribution is 6.01. The Morgan fingerprint density at radius 1 is 0.933 bits per heavy atom. The molecule has 2 N–H and O–H groups in total. The SMILES string of the molecule is COC(=O)c1cc(NC(=O)OC(C)(C)C)cc(NC(=O)n2ccc3ccccc32)c1. The van der Waals surface area contributed by atoms with Crippen molar-refractivity contribution in [2.75, 3.05) is 17.7 Å². The molecule has 2 aromatic carbocycles. The fourth-order valence-electron chi connectivity index (χ4n) is 2.87. The van der Waals surface area contributed by atoms with Crippen molar-refractivity contribution in [1.29, 1.82) is 0 Å². The maximum Gasteiger partial charge on any atom is 0.412 e. The molecule has 0 atom stereocenters. The highest BCUT2D eigenvalue weighted by Gasteiger charge is 2.18. The number of amides is 2. The summed E-state index contributed by atoms with van der Waals surface area (Å²) >= 11 is 0. The molecular weight excluding hydrogens is 386 g/mol. The van der Waals surface area contributed by atoms with E-state index in [4.69, 9.17) is 9.47 Å². The first-order valence-electron chi connectivity index (χ1n) is 9.27. The summed E-state index contributed by atoms with van der Waals surface area (Å²) in [6.07, 6.45) is 0.975. The normalized spacial score (nSPS) is 11.1. The predicted octanol–water partition coefficient (Wildman–Crippen LogP) is 4.86. The molecule has 3 aromatic rings. The van der Waals surface area contributed by atoms with Crippen molar-refractivity contribution < 1.29 is 23.9 Å². The molecule has 0 radical (unpaired) electrons. The molecule has 0 saturated carbocycles. The van der Waals surface area contributed by atoms with Crippen molar-refractivity contribution in [2.45, 2.75) is 26.4 Å². The number of carbonyl (C=O) groups excluding carboxylic acids is 3. The molecular formula is C22H23N3O5. The summed E-state index contributed by atoms with van der Waals surface area (Å²) in [6.45, 7) is 5.22. The second-order valence-corrected chi connectivity index (χ2v) is 7.59. The smallest absolute Gasteiger partial charge is 0.412 e. The molecule has 8 nitrogen and oxygen atoms in total. The van der Waals surface area contributed by atoms with E-state index in [2.05, 4.69) is 10.6 Å². The third-order valence-electron chi connectivity index (χ3n) is 4.07. The Labute approximate surface area is 173 Å². The zero-order chi connectivity index (χ0) is 21.9. The van der Waals surface area contributed by atoms with Crippen molar-refractivity contribution in [3.63, 3.8) is 0 Å². The number of carbonyl (C=O) groups is 3. The molecule has 0 aliphatic rings. The largest absolute Gasteiger partial charge is 0.465 e. The molecule has 1 aromatic heterocycles. The number of anilines is 2. The Morgan fingerprint density at radius 2 is 1.60 bits per heavy atom. The zero-order valence-electron chi connectivity index (χ0n) is 17.2. The van der Waals surface area contributed by atoms with Gasteiger partial charge in [-0.1, -0.05) is 18.2 Å². The van der Waals surface area contributed by atoms with Gasteiger partial charge in [-0.25, -0.2) is 14.4 Å². The summed E-state index contributed by atoms with van der Waals surface area (Å²) in [4.78, 5) is 36.9. The molecule has 0 aliphatic heterocycles. The molecule has 0 spiro atoms. The van der Waals surface area contributed by atoms with Crippen LogP contribution in [-0.4, -0.2) is 35.4 Å². The summed E-state index contributed by atoms with van der Waals surface area (Å²) in [6, 6.07) is 13.3. The number of nitrogens with zero attached hydrogens (tertiary/aromatic N) is 1. The van der Waals surface area contributed by atoms with Crippen LogP contribution in [0.4, 0.5) is 21.0 Å². The van der Waals surface area contributed by atoms with Gasteiger partial charge in [-0.15, -0.1) is 0 Å². The molecule has 3 rings (SSSR count). The van der Waals surface area contributed by atoms with Gasteiger partial charge in [0.2, 0.25) is 0 Å². The van der Waals surface area contributed by atoms with Gasteiger partial charge in [-0.3, -0.25) is 9.88 Å². The fraction of sp³-hybridized carbons (Fsp3) is 0.227. The van der Waals surface area contributed by atoms with Crippen molar-refractivity contribution in [3.8, 4) is 0 Å². The van der Waals surface area contributed by atoms with Crippen LogP contribution in [0.1, 0.15) is 31.1 Å². The van der Waals surface area contributed by atoms with Gasteiger partial charge < -0.3 is 14.8 Å². The summed E-state index contributed by atoms with van der Waals surface area (Å²) in [5, 5.41) is 6.23. The minimum absolute atomic E-state index is 0.165. The van der Waals surface area contributed by atoms with Gasteiger partial charge in [0.25, 0.3) is 0 Å². The third-order valence-corrected chi connectivity index (χ3v) is 4.07. The first kappa shape index (κ1) is 20.9. The monoisotopic (exact) mass is 409 g/mol. The number of aromatic nitrogens is 1. The number of methoxy groups -OCH3 is 1. The maximum absolute atomic E-state index is 12.8. The second kappa shape index (κ2) is 8.28. The first-order chi connectivity index (χ1) is 14.2. The van der Waals surface area contributed by atoms with E-state index in [0.717, 1.165) is 10.9 Å². The van der Waals surface area contributed by atoms with E-state index in [0.29, 0.717) is 5.69 Å². The molecule has 156 valence electrons. The molecule has 30 heavy (non-hydrogen) atoms. The molecule has 0 fully saturated rings. The highest BCUT2D eigenvalue weighted by atomic mass is 16.6. The van der Waals surface area contributed by atoms with Gasteiger partial charge in [0.1, 0.15) is 5.60 Å². The van der Waals surface area contributed by atoms with E-state index in [9.17, 15) is 14.4 Å². The van der Waals surface area contributed by atoms with Crippen LogP contribution in [0.3, 0.4) is 0 Å². The van der Waals surface area contributed by atoms with Gasteiger partial charge in [0.05, 0.1) is 18.2 Å². The van der Waals surface area contributed by atoms with E-state index < -0.39 is 23.7 Å². The Bertz CT molecular complexity index is 1110. The number of hydrogen-bond donors (Lipinski definition) is 2. The number of esters is 1. The molecule has 0 bridgehead atoms. The van der Waals surface area contributed by atoms with Crippen LogP contribution in [-0.2, 0) is 9.47 Å². The van der Waals surface area contributed by atoms with Crippen LogP contribution in [0.25, 0.3) is 10.9 Å². The topological polar surface area (TPSA) is 98.7 Å². The molecule has 8 heteroatoms. The highest BCUT2D eigenvalue weighted by Crippen LogP contribution is 2.22. The van der Waals surface area contributed by atoms with Gasteiger partial charge in [-0.05, 0) is 51.1 Å². The lowest BCUT2D eigenvalue weighted by Crippen LogP contribution is -2.27. The Morgan fingerprint density at radius 3 is 2.27 bits per heavy atom. The summed E-state index contributed by atoms with van der Waals surface area (Å²) < 4.78 is 11.5. The molecule has 1 heterocycles. The minimum atomic E-state index is -0.684. The summed E-state index contributed by atoms with van der Waals surface area (Å²) in [7, 11) is 1.25. The molecule has 0 saturated heterocycles. The van der Waals surface area contributed by atoms with E-state index in [1.807, 2.05) is 30.3 Å². The van der Waals surface area contributed by atoms with Gasteiger partial charge in [-0.2, -0.15) is 0 Å². The number of nitrogens with one attached hydrogen (secondary N) is 2. The van der Waals surface area contributed by atoms with Crippen molar-refractivity contribution in [2.24, 2.45) is 0 Å². The average Bonchev–Trinajstić information content (AvgIpc) is 3.09. The van der Waals surface area contributed by atoms with Crippen LogP contribution in [0.2, 0.25) is 0 Å². The summed E-state index contributed by atoms with van der Waals surface area (Å²) in [5.41, 5.74) is 0.813. The third kappa shape index (κ3) is 4.96. The van der Waals surface area contributed by atoms with E-state index in [1.165, 1.54) is 29.9 Å². The lowest BCUT2D eigenvalue weighted by atomic mass is 10.1. The Kier molecular flexibility index (Phi) is 5.77. The Hall–Kier alpha value is -3.81. The molecule has 0 unspecified atom stereocenters.